The summed E-state index contributed by atoms with van der Waals surface area (Å²) >= 11 is 6.89. The largest absolute Gasteiger partial charge is 0.370 e. The SMILES string of the molecule is CCCNc1cc(C(=O)Nc2nnns2)cc(Cl)n1. The van der Waals surface area contributed by atoms with Crippen LogP contribution in [-0.4, -0.2) is 32.2 Å². The summed E-state index contributed by atoms with van der Waals surface area (Å²) in [6, 6.07) is 3.12. The molecule has 0 aliphatic carbocycles. The smallest absolute Gasteiger partial charge is 0.257 e. The van der Waals surface area contributed by atoms with E-state index in [1.165, 1.54) is 6.07 Å². The zero-order chi connectivity index (χ0) is 13.7. The first-order chi connectivity index (χ1) is 9.19. The summed E-state index contributed by atoms with van der Waals surface area (Å²) < 4.78 is 3.56. The molecule has 0 aliphatic heterocycles. The fraction of sp³-hybridized carbons (Fsp3) is 0.300. The second-order valence-electron chi connectivity index (χ2n) is 3.61. The first-order valence-electron chi connectivity index (χ1n) is 5.57. The van der Waals surface area contributed by atoms with E-state index in [0.717, 1.165) is 24.5 Å². The fourth-order valence-corrected chi connectivity index (χ4v) is 1.89. The number of pyridine rings is 1. The number of carbonyl (C=O) groups excluding carboxylic acids is 1. The number of nitrogens with zero attached hydrogens (tertiary/aromatic N) is 4. The predicted molar refractivity (Wildman–Crippen MR) is 73.7 cm³/mol. The summed E-state index contributed by atoms with van der Waals surface area (Å²) in [5.74, 6) is 0.234. The molecule has 0 aromatic carbocycles. The van der Waals surface area contributed by atoms with E-state index in [2.05, 4.69) is 30.4 Å². The van der Waals surface area contributed by atoms with Gasteiger partial charge in [-0.05, 0) is 23.8 Å². The number of hydrogen-bond donors (Lipinski definition) is 2. The Balaban J connectivity index is 2.14. The Bertz CT molecular complexity index is 561. The molecule has 0 aliphatic rings. The molecule has 0 spiro atoms. The molecular weight excluding hydrogens is 288 g/mol. The highest BCUT2D eigenvalue weighted by atomic mass is 35.5. The number of anilines is 2. The van der Waals surface area contributed by atoms with Gasteiger partial charge in [0.25, 0.3) is 5.91 Å². The minimum Gasteiger partial charge on any atom is -0.370 e. The van der Waals surface area contributed by atoms with Crippen molar-refractivity contribution in [1.82, 2.24) is 19.8 Å². The van der Waals surface area contributed by atoms with Crippen LogP contribution in [0, 0.1) is 0 Å². The standard InChI is InChI=1S/C10H11ClN6OS/c1-2-3-12-8-5-6(4-7(11)13-8)9(18)14-10-15-16-17-19-10/h4-5H,2-3H2,1H3,(H,12,13)(H,14,15,17,18). The number of hydrogen-bond acceptors (Lipinski definition) is 7. The molecule has 2 rings (SSSR count). The number of nitrogens with one attached hydrogen (secondary N) is 2. The van der Waals surface area contributed by atoms with Gasteiger partial charge in [-0.2, -0.15) is 0 Å². The molecule has 0 radical (unpaired) electrons. The summed E-state index contributed by atoms with van der Waals surface area (Å²) in [4.78, 5) is 16.1. The Morgan fingerprint density at radius 2 is 2.32 bits per heavy atom. The van der Waals surface area contributed by atoms with Gasteiger partial charge >= 0.3 is 0 Å². The molecule has 0 atom stereocenters. The van der Waals surface area contributed by atoms with Crippen LogP contribution >= 0.6 is 23.1 Å². The Kier molecular flexibility index (Phi) is 4.58. The van der Waals surface area contributed by atoms with Crippen LogP contribution in [0.25, 0.3) is 0 Å². The van der Waals surface area contributed by atoms with Crippen LogP contribution in [0.3, 0.4) is 0 Å². The van der Waals surface area contributed by atoms with E-state index in [0.29, 0.717) is 16.5 Å². The van der Waals surface area contributed by atoms with Crippen LogP contribution in [0.1, 0.15) is 23.7 Å². The van der Waals surface area contributed by atoms with E-state index in [-0.39, 0.29) is 11.1 Å². The van der Waals surface area contributed by atoms with Gasteiger partial charge in [-0.15, -0.1) is 0 Å². The third-order valence-electron chi connectivity index (χ3n) is 2.13. The van der Waals surface area contributed by atoms with Crippen molar-refractivity contribution >= 4 is 40.0 Å². The number of rotatable bonds is 5. The van der Waals surface area contributed by atoms with Crippen molar-refractivity contribution in [1.29, 1.82) is 0 Å². The highest BCUT2D eigenvalue weighted by Gasteiger charge is 2.11. The molecule has 2 heterocycles. The minimum absolute atomic E-state index is 0.252. The average Bonchev–Trinajstić information content (AvgIpc) is 2.88. The topological polar surface area (TPSA) is 92.7 Å². The monoisotopic (exact) mass is 298 g/mol. The van der Waals surface area contributed by atoms with E-state index in [1.807, 2.05) is 6.92 Å². The predicted octanol–water partition coefficient (Wildman–Crippen LogP) is 2.06. The van der Waals surface area contributed by atoms with Crippen molar-refractivity contribution in [3.05, 3.63) is 22.8 Å². The van der Waals surface area contributed by atoms with Crippen LogP contribution in [0.5, 0.6) is 0 Å². The Labute approximate surface area is 118 Å². The Morgan fingerprint density at radius 3 is 3.00 bits per heavy atom. The van der Waals surface area contributed by atoms with Crippen molar-refractivity contribution in [2.75, 3.05) is 17.2 Å². The van der Waals surface area contributed by atoms with Crippen LogP contribution in [0.4, 0.5) is 10.9 Å². The van der Waals surface area contributed by atoms with Crippen molar-refractivity contribution < 1.29 is 4.79 Å². The van der Waals surface area contributed by atoms with Gasteiger partial charge in [-0.25, -0.2) is 4.98 Å². The average molecular weight is 299 g/mol. The molecule has 2 aromatic rings. The van der Waals surface area contributed by atoms with Gasteiger partial charge in [0, 0.05) is 23.6 Å². The van der Waals surface area contributed by atoms with Gasteiger partial charge in [-0.3, -0.25) is 10.1 Å². The quantitative estimate of drug-likeness (QED) is 0.821. The van der Waals surface area contributed by atoms with Crippen molar-refractivity contribution in [2.24, 2.45) is 0 Å². The highest BCUT2D eigenvalue weighted by Crippen LogP contribution is 2.16. The Morgan fingerprint density at radius 1 is 1.47 bits per heavy atom. The van der Waals surface area contributed by atoms with Gasteiger partial charge in [0.2, 0.25) is 5.13 Å². The van der Waals surface area contributed by atoms with Gasteiger partial charge < -0.3 is 5.32 Å². The van der Waals surface area contributed by atoms with Gasteiger partial charge in [0.15, 0.2) is 0 Å². The maximum atomic E-state index is 12.0. The summed E-state index contributed by atoms with van der Waals surface area (Å²) in [5, 5.41) is 13.3. The molecule has 100 valence electrons. The van der Waals surface area contributed by atoms with E-state index >= 15 is 0 Å². The third-order valence-corrected chi connectivity index (χ3v) is 2.84. The van der Waals surface area contributed by atoms with Gasteiger partial charge in [0.05, 0.1) is 0 Å². The normalized spacial score (nSPS) is 10.2. The molecular formula is C10H11ClN6OS. The fourth-order valence-electron chi connectivity index (χ4n) is 1.32. The first kappa shape index (κ1) is 13.6. The van der Waals surface area contributed by atoms with Gasteiger partial charge in [0.1, 0.15) is 11.0 Å². The summed E-state index contributed by atoms with van der Waals surface area (Å²) in [6.07, 6.45) is 0.951. The lowest BCUT2D eigenvalue weighted by molar-refractivity contribution is 0.102. The lowest BCUT2D eigenvalue weighted by atomic mass is 10.2. The molecule has 2 aromatic heterocycles. The molecule has 0 saturated heterocycles. The molecule has 1 amide bonds. The van der Waals surface area contributed by atoms with E-state index in [4.69, 9.17) is 11.6 Å². The number of amides is 1. The summed E-state index contributed by atoms with van der Waals surface area (Å²) in [7, 11) is 0. The molecule has 19 heavy (non-hydrogen) atoms. The van der Waals surface area contributed by atoms with Crippen molar-refractivity contribution in [3.8, 4) is 0 Å². The van der Waals surface area contributed by atoms with Crippen LogP contribution < -0.4 is 10.6 Å². The van der Waals surface area contributed by atoms with Crippen LogP contribution in [0.2, 0.25) is 5.15 Å². The van der Waals surface area contributed by atoms with Crippen LogP contribution in [-0.2, 0) is 0 Å². The molecule has 0 fully saturated rings. The number of aromatic nitrogens is 4. The molecule has 0 saturated carbocycles. The lowest BCUT2D eigenvalue weighted by Gasteiger charge is -2.07. The zero-order valence-corrected chi connectivity index (χ0v) is 11.6. The summed E-state index contributed by atoms with van der Waals surface area (Å²) in [6.45, 7) is 2.79. The Hall–Kier alpha value is -1.80. The summed E-state index contributed by atoms with van der Waals surface area (Å²) in [5.41, 5.74) is 0.397. The second kappa shape index (κ2) is 6.39. The molecule has 2 N–H and O–H groups in total. The minimum atomic E-state index is -0.331. The van der Waals surface area contributed by atoms with Crippen molar-refractivity contribution in [2.45, 2.75) is 13.3 Å². The highest BCUT2D eigenvalue weighted by molar-refractivity contribution is 7.09. The van der Waals surface area contributed by atoms with E-state index in [1.54, 1.807) is 6.07 Å². The van der Waals surface area contributed by atoms with E-state index in [9.17, 15) is 4.79 Å². The maximum Gasteiger partial charge on any atom is 0.257 e. The van der Waals surface area contributed by atoms with E-state index < -0.39 is 0 Å². The third kappa shape index (κ3) is 3.83. The first-order valence-corrected chi connectivity index (χ1v) is 6.72. The maximum absolute atomic E-state index is 12.0. The number of carbonyl (C=O) groups is 1. The molecule has 9 heteroatoms. The number of halogens is 1. The second-order valence-corrected chi connectivity index (χ2v) is 4.73. The molecule has 7 nitrogen and oxygen atoms in total. The van der Waals surface area contributed by atoms with Crippen LogP contribution in [0.15, 0.2) is 12.1 Å². The van der Waals surface area contributed by atoms with Gasteiger partial charge in [-0.1, -0.05) is 28.1 Å². The van der Waals surface area contributed by atoms with Crippen molar-refractivity contribution in [3.63, 3.8) is 0 Å². The molecule has 0 bridgehead atoms. The zero-order valence-electron chi connectivity index (χ0n) is 10.1. The lowest BCUT2D eigenvalue weighted by Crippen LogP contribution is -2.13. The molecule has 0 unspecified atom stereocenters.